The Hall–Kier alpha value is -4.45. The van der Waals surface area contributed by atoms with Crippen LogP contribution in [0.2, 0.25) is 0 Å². The fourth-order valence-electron chi connectivity index (χ4n) is 6.00. The van der Waals surface area contributed by atoms with Gasteiger partial charge in [0.15, 0.2) is 6.10 Å². The molecule has 0 aromatic rings. The molecule has 0 saturated heterocycles. The lowest BCUT2D eigenvalue weighted by atomic mass is 10.1. The number of rotatable bonds is 42. The fraction of sp³-hybridized carbons (Fsp3) is 0.561. The van der Waals surface area contributed by atoms with Crippen LogP contribution in [-0.2, 0) is 28.6 Å². The topological polar surface area (TPSA) is 78.9 Å². The van der Waals surface area contributed by atoms with Crippen molar-refractivity contribution >= 4 is 17.9 Å². The van der Waals surface area contributed by atoms with Crippen molar-refractivity contribution in [3.63, 3.8) is 0 Å². The first-order valence-electron chi connectivity index (χ1n) is 24.7. The predicted molar refractivity (Wildman–Crippen MR) is 269 cm³/mol. The standard InChI is InChI=1S/C57H88O6/c1-4-7-10-13-16-19-22-25-26-27-28-29-30-33-35-38-41-44-47-50-56(59)62-53-54(63-57(60)51-48-45-42-39-36-32-24-21-18-15-12-9-6-3)52-61-55(58)49-46-43-40-37-34-31-23-20-17-14-11-8-5-2/h8-9,11-12,16-21,25-26,28-29,31-32,34,36,40,42-43,45,54H,4-7,10,13-15,22-24,27,30,33,35,37-39,41,44,46-53H2,1-3H3/b11-8-,12-9-,19-16-,20-17-,21-18-,26-25-,29-28-,34-31-,36-32-,43-40-,45-42-. The fourth-order valence-corrected chi connectivity index (χ4v) is 6.00. The molecule has 0 rings (SSSR count). The first-order valence-corrected chi connectivity index (χ1v) is 24.7. The average molecular weight is 869 g/mol. The number of esters is 3. The van der Waals surface area contributed by atoms with Crippen molar-refractivity contribution in [1.29, 1.82) is 0 Å². The number of carbonyl (C=O) groups is 3. The molecule has 0 amide bonds. The number of hydrogen-bond acceptors (Lipinski definition) is 6. The second-order valence-electron chi connectivity index (χ2n) is 15.6. The van der Waals surface area contributed by atoms with Crippen LogP contribution in [0.25, 0.3) is 0 Å². The normalized spacial score (nSPS) is 13.3. The van der Waals surface area contributed by atoms with E-state index in [0.717, 1.165) is 96.3 Å². The Morgan fingerprint density at radius 3 is 1.06 bits per heavy atom. The van der Waals surface area contributed by atoms with Gasteiger partial charge in [-0.25, -0.2) is 0 Å². The molecule has 1 atom stereocenters. The highest BCUT2D eigenvalue weighted by atomic mass is 16.6. The highest BCUT2D eigenvalue weighted by Crippen LogP contribution is 2.11. The van der Waals surface area contributed by atoms with Gasteiger partial charge < -0.3 is 14.2 Å². The van der Waals surface area contributed by atoms with Crippen molar-refractivity contribution in [1.82, 2.24) is 0 Å². The van der Waals surface area contributed by atoms with Crippen molar-refractivity contribution in [2.75, 3.05) is 13.2 Å². The van der Waals surface area contributed by atoms with Crippen LogP contribution in [0.5, 0.6) is 0 Å². The van der Waals surface area contributed by atoms with Gasteiger partial charge in [0, 0.05) is 19.3 Å². The number of unbranched alkanes of at least 4 members (excludes halogenated alkanes) is 9. The van der Waals surface area contributed by atoms with Crippen LogP contribution in [0.4, 0.5) is 0 Å². The van der Waals surface area contributed by atoms with Crippen LogP contribution in [0, 0.1) is 0 Å². The lowest BCUT2D eigenvalue weighted by Gasteiger charge is -2.18. The maximum Gasteiger partial charge on any atom is 0.306 e. The molecule has 63 heavy (non-hydrogen) atoms. The van der Waals surface area contributed by atoms with Crippen molar-refractivity contribution < 1.29 is 28.6 Å². The monoisotopic (exact) mass is 869 g/mol. The molecule has 0 saturated carbocycles. The van der Waals surface area contributed by atoms with E-state index in [1.54, 1.807) is 0 Å². The van der Waals surface area contributed by atoms with Gasteiger partial charge in [-0.15, -0.1) is 0 Å². The summed E-state index contributed by atoms with van der Waals surface area (Å²) in [7, 11) is 0. The molecule has 6 nitrogen and oxygen atoms in total. The number of ether oxygens (including phenoxy) is 3. The molecule has 0 N–H and O–H groups in total. The van der Waals surface area contributed by atoms with E-state index >= 15 is 0 Å². The molecular weight excluding hydrogens is 781 g/mol. The zero-order valence-corrected chi connectivity index (χ0v) is 40.0. The summed E-state index contributed by atoms with van der Waals surface area (Å²) in [6, 6.07) is 0. The van der Waals surface area contributed by atoms with E-state index in [2.05, 4.69) is 130 Å². The van der Waals surface area contributed by atoms with Crippen molar-refractivity contribution in [3.8, 4) is 0 Å². The van der Waals surface area contributed by atoms with Gasteiger partial charge in [-0.1, -0.05) is 193 Å². The Morgan fingerprint density at radius 1 is 0.333 bits per heavy atom. The third kappa shape index (κ3) is 48.4. The summed E-state index contributed by atoms with van der Waals surface area (Å²) in [6.07, 6.45) is 70.3. The number of allylic oxidation sites excluding steroid dienone is 22. The summed E-state index contributed by atoms with van der Waals surface area (Å²) in [6.45, 7) is 6.21. The Labute approximate surface area is 385 Å². The van der Waals surface area contributed by atoms with Gasteiger partial charge >= 0.3 is 17.9 Å². The molecule has 0 spiro atoms. The molecule has 6 heteroatoms. The van der Waals surface area contributed by atoms with Crippen molar-refractivity contribution in [2.24, 2.45) is 0 Å². The van der Waals surface area contributed by atoms with Gasteiger partial charge in [-0.2, -0.15) is 0 Å². The first kappa shape index (κ1) is 58.6. The van der Waals surface area contributed by atoms with Gasteiger partial charge in [0.25, 0.3) is 0 Å². The van der Waals surface area contributed by atoms with Crippen LogP contribution in [0.3, 0.4) is 0 Å². The maximum atomic E-state index is 12.7. The van der Waals surface area contributed by atoms with Crippen LogP contribution in [-0.4, -0.2) is 37.2 Å². The van der Waals surface area contributed by atoms with Gasteiger partial charge in [0.05, 0.1) is 0 Å². The molecule has 0 fully saturated rings. The van der Waals surface area contributed by atoms with Crippen LogP contribution >= 0.6 is 0 Å². The van der Waals surface area contributed by atoms with E-state index in [9.17, 15) is 14.4 Å². The van der Waals surface area contributed by atoms with E-state index in [-0.39, 0.29) is 38.0 Å². The molecule has 0 aliphatic carbocycles. The minimum absolute atomic E-state index is 0.141. The third-order valence-corrected chi connectivity index (χ3v) is 9.65. The summed E-state index contributed by atoms with van der Waals surface area (Å²) in [5.41, 5.74) is 0. The Morgan fingerprint density at radius 2 is 0.651 bits per heavy atom. The molecule has 0 bridgehead atoms. The second kappa shape index (κ2) is 50.2. The summed E-state index contributed by atoms with van der Waals surface area (Å²) in [5.74, 6) is -1.13. The molecule has 0 aliphatic heterocycles. The first-order chi connectivity index (χ1) is 31.0. The summed E-state index contributed by atoms with van der Waals surface area (Å²) >= 11 is 0. The van der Waals surface area contributed by atoms with E-state index in [1.165, 1.54) is 38.5 Å². The smallest absolute Gasteiger partial charge is 0.306 e. The molecule has 352 valence electrons. The van der Waals surface area contributed by atoms with Gasteiger partial charge in [0.2, 0.25) is 0 Å². The quantitative estimate of drug-likeness (QED) is 0.0263. The van der Waals surface area contributed by atoms with Gasteiger partial charge in [0.1, 0.15) is 13.2 Å². The molecule has 0 aromatic carbocycles. The summed E-state index contributed by atoms with van der Waals surface area (Å²) in [5, 5.41) is 0. The van der Waals surface area contributed by atoms with E-state index in [0.29, 0.717) is 19.3 Å². The predicted octanol–water partition coefficient (Wildman–Crippen LogP) is 16.3. The zero-order chi connectivity index (χ0) is 45.8. The lowest BCUT2D eigenvalue weighted by molar-refractivity contribution is -0.166. The van der Waals surface area contributed by atoms with E-state index in [4.69, 9.17) is 14.2 Å². The van der Waals surface area contributed by atoms with Crippen LogP contribution < -0.4 is 0 Å². The van der Waals surface area contributed by atoms with Gasteiger partial charge in [-0.05, 0) is 109 Å². The van der Waals surface area contributed by atoms with Crippen LogP contribution in [0.1, 0.15) is 188 Å². The lowest BCUT2D eigenvalue weighted by Crippen LogP contribution is -2.30. The highest BCUT2D eigenvalue weighted by Gasteiger charge is 2.19. The SMILES string of the molecule is CC/C=C\C/C=C\C/C=C\C/C=C\CCC(=O)OCC(COC(=O)CCCCCCCC/C=C\C/C=C\C/C=C\CCCCC)OC(=O)CC/C=C\C/C=C\C/C=C\C/C=C\CC. The Kier molecular flexibility index (Phi) is 46.7. The van der Waals surface area contributed by atoms with Gasteiger partial charge in [-0.3, -0.25) is 14.4 Å². The second-order valence-corrected chi connectivity index (χ2v) is 15.6. The molecular formula is C57H88O6. The minimum atomic E-state index is -0.854. The maximum absolute atomic E-state index is 12.7. The number of carbonyl (C=O) groups excluding carboxylic acids is 3. The molecule has 0 heterocycles. The zero-order valence-electron chi connectivity index (χ0n) is 40.0. The molecule has 1 unspecified atom stereocenters. The highest BCUT2D eigenvalue weighted by molar-refractivity contribution is 5.71. The molecule has 0 radical (unpaired) electrons. The van der Waals surface area contributed by atoms with Crippen LogP contribution in [0.15, 0.2) is 134 Å². The molecule has 0 aliphatic rings. The van der Waals surface area contributed by atoms with Crippen molar-refractivity contribution in [3.05, 3.63) is 134 Å². The summed E-state index contributed by atoms with van der Waals surface area (Å²) in [4.78, 5) is 37.8. The summed E-state index contributed by atoms with van der Waals surface area (Å²) < 4.78 is 16.6. The minimum Gasteiger partial charge on any atom is -0.462 e. The largest absolute Gasteiger partial charge is 0.462 e. The average Bonchev–Trinajstić information content (AvgIpc) is 3.28. The molecule has 0 aromatic heterocycles. The Bertz CT molecular complexity index is 1420. The Balaban J connectivity index is 4.57. The third-order valence-electron chi connectivity index (χ3n) is 9.65. The van der Waals surface area contributed by atoms with E-state index in [1.807, 2.05) is 24.3 Å². The van der Waals surface area contributed by atoms with Crippen molar-refractivity contribution in [2.45, 2.75) is 194 Å². The number of hydrogen-bond donors (Lipinski definition) is 0. The van der Waals surface area contributed by atoms with E-state index < -0.39 is 12.1 Å².